The van der Waals surface area contributed by atoms with Gasteiger partial charge >= 0.3 is 5.97 Å². The van der Waals surface area contributed by atoms with Crippen LogP contribution >= 0.6 is 0 Å². The van der Waals surface area contributed by atoms with Crippen LogP contribution < -0.4 is 5.32 Å². The second-order valence-corrected chi connectivity index (χ2v) is 8.19. The number of rotatable bonds is 5. The molecule has 5 heteroatoms. The molecule has 0 spiro atoms. The van der Waals surface area contributed by atoms with Gasteiger partial charge in [-0.25, -0.2) is 4.79 Å². The van der Waals surface area contributed by atoms with Crippen LogP contribution in [-0.4, -0.2) is 29.3 Å². The Balaban J connectivity index is 1.76. The van der Waals surface area contributed by atoms with Crippen LogP contribution in [0.4, 0.5) is 5.69 Å². The van der Waals surface area contributed by atoms with Crippen LogP contribution in [0.25, 0.3) is 10.9 Å². The molecule has 1 fully saturated rings. The topological polar surface area (TPSA) is 71.5 Å². The first-order valence-electron chi connectivity index (χ1n) is 10.5. The lowest BCUT2D eigenvalue weighted by molar-refractivity contribution is 0.0698. The van der Waals surface area contributed by atoms with Gasteiger partial charge in [-0.3, -0.25) is 4.98 Å². The number of aryl methyl sites for hydroxylation is 2. The maximum atomic E-state index is 11.6. The van der Waals surface area contributed by atoms with E-state index in [4.69, 9.17) is 9.72 Å². The van der Waals surface area contributed by atoms with Crippen molar-refractivity contribution in [3.63, 3.8) is 0 Å². The Hall–Kier alpha value is -2.92. The summed E-state index contributed by atoms with van der Waals surface area (Å²) >= 11 is 0. The van der Waals surface area contributed by atoms with E-state index in [0.29, 0.717) is 11.6 Å². The predicted molar refractivity (Wildman–Crippen MR) is 119 cm³/mol. The Labute approximate surface area is 177 Å². The normalized spacial score (nSPS) is 15.8. The molecule has 1 aliphatic heterocycles. The highest BCUT2D eigenvalue weighted by atomic mass is 16.5. The molecule has 0 amide bonds. The molecule has 0 bridgehead atoms. The lowest BCUT2D eigenvalue weighted by Gasteiger charge is -2.25. The van der Waals surface area contributed by atoms with Crippen LogP contribution in [0.2, 0.25) is 0 Å². The Morgan fingerprint density at radius 1 is 1.17 bits per heavy atom. The number of carbonyl (C=O) groups is 1. The molecule has 2 N–H and O–H groups in total. The van der Waals surface area contributed by atoms with E-state index in [-0.39, 0.29) is 11.6 Å². The van der Waals surface area contributed by atoms with E-state index in [1.54, 1.807) is 12.1 Å². The number of carboxylic acids is 1. The van der Waals surface area contributed by atoms with Crippen LogP contribution in [0.5, 0.6) is 0 Å². The maximum absolute atomic E-state index is 11.6. The van der Waals surface area contributed by atoms with Crippen molar-refractivity contribution < 1.29 is 14.6 Å². The van der Waals surface area contributed by atoms with Crippen molar-refractivity contribution in [1.82, 2.24) is 4.98 Å². The predicted octanol–water partition coefficient (Wildman–Crippen LogP) is 5.62. The van der Waals surface area contributed by atoms with Gasteiger partial charge in [0.05, 0.1) is 11.1 Å². The lowest BCUT2D eigenvalue weighted by Crippen LogP contribution is -2.16. The smallest absolute Gasteiger partial charge is 0.337 e. The number of hydrogen-bond donors (Lipinski definition) is 2. The van der Waals surface area contributed by atoms with E-state index in [0.717, 1.165) is 53.8 Å². The number of fused-ring (bicyclic) bond motifs is 1. The van der Waals surface area contributed by atoms with Crippen molar-refractivity contribution in [2.24, 2.45) is 0 Å². The van der Waals surface area contributed by atoms with Gasteiger partial charge in [-0.1, -0.05) is 18.2 Å². The molecule has 1 atom stereocenters. The molecular weight excluding hydrogens is 376 g/mol. The number of aromatic nitrogens is 1. The minimum absolute atomic E-state index is 0.0695. The van der Waals surface area contributed by atoms with Crippen LogP contribution in [0.15, 0.2) is 42.5 Å². The molecule has 0 unspecified atom stereocenters. The Bertz CT molecular complexity index is 1090. The third kappa shape index (κ3) is 4.03. The highest BCUT2D eigenvalue weighted by Gasteiger charge is 2.21. The van der Waals surface area contributed by atoms with E-state index >= 15 is 0 Å². The number of nitrogens with zero attached hydrogens (tertiary/aromatic N) is 1. The van der Waals surface area contributed by atoms with Crippen molar-refractivity contribution in [2.45, 2.75) is 45.6 Å². The average molecular weight is 405 g/mol. The first kappa shape index (κ1) is 20.4. The molecule has 2 aromatic carbocycles. The molecule has 156 valence electrons. The molecule has 1 aromatic heterocycles. The summed E-state index contributed by atoms with van der Waals surface area (Å²) in [5, 5.41) is 14.1. The molecule has 0 radical (unpaired) electrons. The van der Waals surface area contributed by atoms with Gasteiger partial charge < -0.3 is 15.2 Å². The molecular formula is C25H28N2O3. The fourth-order valence-electron chi connectivity index (χ4n) is 4.45. The quantitative estimate of drug-likeness (QED) is 0.578. The van der Waals surface area contributed by atoms with Gasteiger partial charge in [-0.15, -0.1) is 0 Å². The number of aromatic carboxylic acids is 1. The number of nitrogens with one attached hydrogen (secondary N) is 1. The van der Waals surface area contributed by atoms with Gasteiger partial charge in [0.15, 0.2) is 0 Å². The molecule has 1 aliphatic rings. The van der Waals surface area contributed by atoms with Crippen molar-refractivity contribution in [2.75, 3.05) is 18.5 Å². The highest BCUT2D eigenvalue weighted by molar-refractivity contribution is 5.94. The van der Waals surface area contributed by atoms with Crippen molar-refractivity contribution in [1.29, 1.82) is 0 Å². The zero-order valence-electron chi connectivity index (χ0n) is 17.7. The fraction of sp³-hybridized carbons (Fsp3) is 0.360. The highest BCUT2D eigenvalue weighted by Crippen LogP contribution is 2.34. The minimum atomic E-state index is -0.932. The van der Waals surface area contributed by atoms with Crippen LogP contribution in [0.3, 0.4) is 0 Å². The summed E-state index contributed by atoms with van der Waals surface area (Å²) in [4.78, 5) is 16.5. The van der Waals surface area contributed by atoms with Gasteiger partial charge in [-0.2, -0.15) is 0 Å². The van der Waals surface area contributed by atoms with Gasteiger partial charge in [0, 0.05) is 36.0 Å². The molecule has 30 heavy (non-hydrogen) atoms. The summed E-state index contributed by atoms with van der Waals surface area (Å²) in [6.45, 7) is 7.84. The number of hydrogen-bond acceptors (Lipinski definition) is 4. The Kier molecular flexibility index (Phi) is 5.73. The maximum Gasteiger partial charge on any atom is 0.337 e. The first-order chi connectivity index (χ1) is 14.4. The number of carboxylic acid groups (broad SMARTS) is 1. The number of benzene rings is 2. The van der Waals surface area contributed by atoms with Gasteiger partial charge in [0.2, 0.25) is 0 Å². The standard InChI is InChI=1S/C25H28N2O3/c1-15-12-21(17(3)26-23-7-5-4-6-19(23)25(28)29)22-14-20(16(2)27-24(22)13-15)18-8-10-30-11-9-18/h4-7,12-14,17-18,26H,8-11H2,1-3H3,(H,28,29)/t17-/m0/s1. The summed E-state index contributed by atoms with van der Waals surface area (Å²) in [6.07, 6.45) is 2.05. The van der Waals surface area contributed by atoms with E-state index in [1.165, 1.54) is 5.56 Å². The third-order valence-electron chi connectivity index (χ3n) is 6.00. The Morgan fingerprint density at radius 3 is 2.63 bits per heavy atom. The number of para-hydroxylation sites is 1. The van der Waals surface area contributed by atoms with E-state index in [1.807, 2.05) is 12.1 Å². The van der Waals surface area contributed by atoms with Crippen molar-refractivity contribution in [3.05, 3.63) is 70.4 Å². The summed E-state index contributed by atoms with van der Waals surface area (Å²) in [5.74, 6) is -0.459. The molecule has 0 saturated carbocycles. The monoisotopic (exact) mass is 404 g/mol. The molecule has 4 rings (SSSR count). The van der Waals surface area contributed by atoms with Gasteiger partial charge in [0.25, 0.3) is 0 Å². The molecule has 2 heterocycles. The van der Waals surface area contributed by atoms with Gasteiger partial charge in [0.1, 0.15) is 0 Å². The third-order valence-corrected chi connectivity index (χ3v) is 6.00. The van der Waals surface area contributed by atoms with Gasteiger partial charge in [-0.05, 0) is 80.5 Å². The zero-order valence-corrected chi connectivity index (χ0v) is 17.7. The number of ether oxygens (including phenoxy) is 1. The average Bonchev–Trinajstić information content (AvgIpc) is 2.73. The second kappa shape index (κ2) is 8.44. The zero-order chi connectivity index (χ0) is 21.3. The summed E-state index contributed by atoms with van der Waals surface area (Å²) in [7, 11) is 0. The second-order valence-electron chi connectivity index (χ2n) is 8.19. The summed E-state index contributed by atoms with van der Waals surface area (Å²) in [6, 6.07) is 13.6. The van der Waals surface area contributed by atoms with Crippen LogP contribution in [-0.2, 0) is 4.74 Å². The van der Waals surface area contributed by atoms with Crippen LogP contribution in [0, 0.1) is 13.8 Å². The lowest BCUT2D eigenvalue weighted by atomic mass is 9.88. The first-order valence-corrected chi connectivity index (χ1v) is 10.5. The number of pyridine rings is 1. The largest absolute Gasteiger partial charge is 0.478 e. The molecule has 0 aliphatic carbocycles. The van der Waals surface area contributed by atoms with Crippen molar-refractivity contribution >= 4 is 22.6 Å². The molecule has 3 aromatic rings. The SMILES string of the molecule is Cc1cc([C@H](C)Nc2ccccc2C(=O)O)c2cc(C3CCOCC3)c(C)nc2c1. The summed E-state index contributed by atoms with van der Waals surface area (Å²) < 4.78 is 5.54. The van der Waals surface area contributed by atoms with E-state index in [9.17, 15) is 9.90 Å². The molecule has 1 saturated heterocycles. The van der Waals surface area contributed by atoms with Crippen molar-refractivity contribution in [3.8, 4) is 0 Å². The van der Waals surface area contributed by atoms with E-state index in [2.05, 4.69) is 44.3 Å². The summed E-state index contributed by atoms with van der Waals surface area (Å²) in [5.41, 5.74) is 6.54. The fourth-order valence-corrected chi connectivity index (χ4v) is 4.45. The Morgan fingerprint density at radius 2 is 1.90 bits per heavy atom. The van der Waals surface area contributed by atoms with Crippen LogP contribution in [0.1, 0.15) is 64.5 Å². The molecule has 5 nitrogen and oxygen atoms in total. The number of anilines is 1. The minimum Gasteiger partial charge on any atom is -0.478 e. The van der Waals surface area contributed by atoms with E-state index < -0.39 is 5.97 Å².